The van der Waals surface area contributed by atoms with E-state index in [2.05, 4.69) is 22.1 Å². The molecular formula is C15H21N3OS. The molecule has 0 radical (unpaired) electrons. The maximum absolute atomic E-state index is 5.38. The highest BCUT2D eigenvalue weighted by molar-refractivity contribution is 7.08. The van der Waals surface area contributed by atoms with Crippen LogP contribution in [0.15, 0.2) is 21.3 Å². The molecule has 0 aromatic carbocycles. The van der Waals surface area contributed by atoms with Crippen LogP contribution in [-0.4, -0.2) is 28.1 Å². The van der Waals surface area contributed by atoms with Crippen molar-refractivity contribution in [2.24, 2.45) is 0 Å². The second-order valence-corrected chi connectivity index (χ2v) is 6.36. The van der Waals surface area contributed by atoms with Crippen LogP contribution in [0.5, 0.6) is 0 Å². The summed E-state index contributed by atoms with van der Waals surface area (Å²) < 4.78 is 5.38. The summed E-state index contributed by atoms with van der Waals surface area (Å²) in [6, 6.07) is 2.68. The quantitative estimate of drug-likeness (QED) is 0.800. The van der Waals surface area contributed by atoms with E-state index in [1.165, 1.54) is 38.5 Å². The Morgan fingerprint density at radius 1 is 1.30 bits per heavy atom. The fraction of sp³-hybridized carbons (Fsp3) is 0.600. The highest BCUT2D eigenvalue weighted by Gasteiger charge is 2.19. The smallest absolute Gasteiger partial charge is 0.241 e. The molecule has 2 aromatic rings. The van der Waals surface area contributed by atoms with Gasteiger partial charge in [-0.1, -0.05) is 30.8 Å². The molecule has 1 aliphatic rings. The number of nitrogens with zero attached hydrogens (tertiary/aromatic N) is 3. The standard InChI is InChI=1S/C15H21N3OS/c1-18(13-6-4-2-3-5-7-13)10-14-16-15(17-19-14)12-8-9-20-11-12/h8-9,11,13H,2-7,10H2,1H3. The molecule has 0 spiro atoms. The van der Waals surface area contributed by atoms with E-state index in [-0.39, 0.29) is 0 Å². The Morgan fingerprint density at radius 3 is 2.80 bits per heavy atom. The van der Waals surface area contributed by atoms with Gasteiger partial charge in [-0.3, -0.25) is 4.90 Å². The zero-order chi connectivity index (χ0) is 13.8. The topological polar surface area (TPSA) is 42.2 Å². The molecule has 0 N–H and O–H groups in total. The summed E-state index contributed by atoms with van der Waals surface area (Å²) in [4.78, 5) is 6.87. The first-order valence-electron chi connectivity index (χ1n) is 7.38. The summed E-state index contributed by atoms with van der Waals surface area (Å²) >= 11 is 1.65. The molecule has 2 heterocycles. The van der Waals surface area contributed by atoms with Gasteiger partial charge in [0.15, 0.2) is 0 Å². The lowest BCUT2D eigenvalue weighted by Crippen LogP contribution is -2.30. The molecule has 20 heavy (non-hydrogen) atoms. The average molecular weight is 291 g/mol. The SMILES string of the molecule is CN(Cc1nc(-c2ccsc2)no1)C1CCCCCC1. The first-order chi connectivity index (χ1) is 9.83. The van der Waals surface area contributed by atoms with Crippen molar-refractivity contribution in [3.63, 3.8) is 0 Å². The van der Waals surface area contributed by atoms with E-state index >= 15 is 0 Å². The van der Waals surface area contributed by atoms with E-state index in [4.69, 9.17) is 4.52 Å². The number of aromatic nitrogens is 2. The molecule has 0 saturated heterocycles. The van der Waals surface area contributed by atoms with Crippen molar-refractivity contribution in [1.29, 1.82) is 0 Å². The second-order valence-electron chi connectivity index (χ2n) is 5.58. The van der Waals surface area contributed by atoms with Gasteiger partial charge in [-0.05, 0) is 31.3 Å². The van der Waals surface area contributed by atoms with E-state index in [0.29, 0.717) is 11.9 Å². The Kier molecular flexibility index (Phi) is 4.47. The predicted molar refractivity (Wildman–Crippen MR) is 80.6 cm³/mol. The molecule has 0 bridgehead atoms. The molecular weight excluding hydrogens is 270 g/mol. The van der Waals surface area contributed by atoms with Gasteiger partial charge in [-0.2, -0.15) is 16.3 Å². The van der Waals surface area contributed by atoms with Crippen molar-refractivity contribution in [3.8, 4) is 11.4 Å². The van der Waals surface area contributed by atoms with Gasteiger partial charge in [0.25, 0.3) is 0 Å². The monoisotopic (exact) mass is 291 g/mol. The van der Waals surface area contributed by atoms with Crippen LogP contribution in [0.2, 0.25) is 0 Å². The van der Waals surface area contributed by atoms with Gasteiger partial charge in [0.2, 0.25) is 11.7 Å². The predicted octanol–water partition coefficient (Wildman–Crippen LogP) is 3.95. The Hall–Kier alpha value is -1.20. The molecule has 4 nitrogen and oxygen atoms in total. The first-order valence-corrected chi connectivity index (χ1v) is 8.32. The molecule has 0 atom stereocenters. The molecule has 108 valence electrons. The highest BCUT2D eigenvalue weighted by Crippen LogP contribution is 2.23. The Morgan fingerprint density at radius 2 is 2.10 bits per heavy atom. The minimum atomic E-state index is 0.661. The molecule has 0 amide bonds. The number of hydrogen-bond donors (Lipinski definition) is 0. The van der Waals surface area contributed by atoms with Crippen LogP contribution in [0, 0.1) is 0 Å². The van der Waals surface area contributed by atoms with Crippen LogP contribution >= 0.6 is 11.3 Å². The van der Waals surface area contributed by atoms with E-state index in [9.17, 15) is 0 Å². The van der Waals surface area contributed by atoms with Crippen molar-refractivity contribution in [2.75, 3.05) is 7.05 Å². The lowest BCUT2D eigenvalue weighted by Gasteiger charge is -2.25. The summed E-state index contributed by atoms with van der Waals surface area (Å²) in [5, 5.41) is 8.15. The number of hydrogen-bond acceptors (Lipinski definition) is 5. The third kappa shape index (κ3) is 3.27. The third-order valence-corrected chi connectivity index (χ3v) is 4.76. The van der Waals surface area contributed by atoms with Gasteiger partial charge < -0.3 is 4.52 Å². The van der Waals surface area contributed by atoms with Crippen LogP contribution in [0.1, 0.15) is 44.4 Å². The number of rotatable bonds is 4. The minimum Gasteiger partial charge on any atom is -0.338 e. The summed E-state index contributed by atoms with van der Waals surface area (Å²) in [5.74, 6) is 1.42. The average Bonchev–Trinajstić information content (AvgIpc) is 3.05. The maximum Gasteiger partial charge on any atom is 0.241 e. The van der Waals surface area contributed by atoms with Crippen LogP contribution < -0.4 is 0 Å². The summed E-state index contributed by atoms with van der Waals surface area (Å²) in [6.45, 7) is 0.752. The Labute approximate surface area is 123 Å². The normalized spacial score (nSPS) is 17.5. The van der Waals surface area contributed by atoms with Gasteiger partial charge in [-0.15, -0.1) is 0 Å². The maximum atomic E-state index is 5.38. The molecule has 1 saturated carbocycles. The molecule has 5 heteroatoms. The minimum absolute atomic E-state index is 0.661. The largest absolute Gasteiger partial charge is 0.338 e. The van der Waals surface area contributed by atoms with E-state index in [1.807, 2.05) is 16.8 Å². The second kappa shape index (κ2) is 6.50. The summed E-state index contributed by atoms with van der Waals surface area (Å²) in [6.07, 6.45) is 8.04. The van der Waals surface area contributed by atoms with Crippen LogP contribution in [0.4, 0.5) is 0 Å². The van der Waals surface area contributed by atoms with Crippen molar-refractivity contribution >= 4 is 11.3 Å². The van der Waals surface area contributed by atoms with Crippen molar-refractivity contribution in [1.82, 2.24) is 15.0 Å². The molecule has 1 fully saturated rings. The van der Waals surface area contributed by atoms with Crippen LogP contribution in [0.25, 0.3) is 11.4 Å². The molecule has 0 unspecified atom stereocenters. The Bertz CT molecular complexity index is 515. The third-order valence-electron chi connectivity index (χ3n) is 4.08. The molecule has 3 rings (SSSR count). The van der Waals surface area contributed by atoms with Crippen molar-refractivity contribution < 1.29 is 4.52 Å². The lowest BCUT2D eigenvalue weighted by atomic mass is 10.1. The molecule has 1 aliphatic carbocycles. The van der Waals surface area contributed by atoms with E-state index < -0.39 is 0 Å². The summed E-state index contributed by atoms with van der Waals surface area (Å²) in [5.41, 5.74) is 1.04. The zero-order valence-electron chi connectivity index (χ0n) is 11.9. The molecule has 2 aromatic heterocycles. The van der Waals surface area contributed by atoms with E-state index in [1.54, 1.807) is 11.3 Å². The van der Waals surface area contributed by atoms with Gasteiger partial charge in [0.1, 0.15) is 0 Å². The van der Waals surface area contributed by atoms with E-state index in [0.717, 1.165) is 18.0 Å². The Balaban J connectivity index is 1.62. The zero-order valence-corrected chi connectivity index (χ0v) is 12.7. The highest BCUT2D eigenvalue weighted by atomic mass is 32.1. The van der Waals surface area contributed by atoms with Crippen molar-refractivity contribution in [3.05, 3.63) is 22.7 Å². The van der Waals surface area contributed by atoms with Crippen molar-refractivity contribution in [2.45, 2.75) is 51.1 Å². The fourth-order valence-electron chi connectivity index (χ4n) is 2.87. The van der Waals surface area contributed by atoms with Gasteiger partial charge in [0.05, 0.1) is 6.54 Å². The number of thiophene rings is 1. The summed E-state index contributed by atoms with van der Waals surface area (Å²) in [7, 11) is 2.17. The van der Waals surface area contributed by atoms with Crippen LogP contribution in [0.3, 0.4) is 0 Å². The first kappa shape index (κ1) is 13.8. The van der Waals surface area contributed by atoms with Gasteiger partial charge in [0, 0.05) is 17.0 Å². The van der Waals surface area contributed by atoms with Gasteiger partial charge in [-0.25, -0.2) is 0 Å². The fourth-order valence-corrected chi connectivity index (χ4v) is 3.50. The van der Waals surface area contributed by atoms with Crippen LogP contribution in [-0.2, 0) is 6.54 Å². The van der Waals surface area contributed by atoms with Gasteiger partial charge >= 0.3 is 0 Å². The molecule has 0 aliphatic heterocycles. The lowest BCUT2D eigenvalue weighted by molar-refractivity contribution is 0.187.